The van der Waals surface area contributed by atoms with Gasteiger partial charge in [-0.15, -0.1) is 0 Å². The molecule has 9 heteroatoms. The standard InChI is InChI=1S/C9H16N6O2S/c1-6-7-8(14(2)13-6)15(9(10)12-7)5-4-11-18(3,16)17/h11H,4-5H2,1-3H3,(H2,10,12). The SMILES string of the molecule is Cc1nn(C)c2c1nc(N)n2CCNS(C)(=O)=O. The number of rotatable bonds is 4. The van der Waals surface area contributed by atoms with Crippen LogP contribution in [0.5, 0.6) is 0 Å². The van der Waals surface area contributed by atoms with E-state index in [4.69, 9.17) is 5.73 Å². The van der Waals surface area contributed by atoms with Crippen molar-refractivity contribution >= 4 is 27.1 Å². The molecule has 0 unspecified atom stereocenters. The summed E-state index contributed by atoms with van der Waals surface area (Å²) in [6.07, 6.45) is 1.12. The lowest BCUT2D eigenvalue weighted by molar-refractivity contribution is 0.579. The Kier molecular flexibility index (Phi) is 3.03. The van der Waals surface area contributed by atoms with Crippen LogP contribution >= 0.6 is 0 Å². The second-order valence-electron chi connectivity index (χ2n) is 4.17. The smallest absolute Gasteiger partial charge is 0.208 e. The predicted octanol–water partition coefficient (Wildman–Crippen LogP) is -0.790. The molecule has 2 rings (SSSR count). The zero-order chi connectivity index (χ0) is 13.5. The van der Waals surface area contributed by atoms with Crippen molar-refractivity contribution in [1.82, 2.24) is 24.1 Å². The summed E-state index contributed by atoms with van der Waals surface area (Å²) in [5.74, 6) is 0.358. The first kappa shape index (κ1) is 12.8. The molecule has 0 bridgehead atoms. The lowest BCUT2D eigenvalue weighted by Gasteiger charge is -2.07. The Bertz CT molecular complexity index is 684. The second-order valence-corrected chi connectivity index (χ2v) is 6.00. The topological polar surface area (TPSA) is 108 Å². The lowest BCUT2D eigenvalue weighted by atomic mass is 10.4. The Morgan fingerprint density at radius 2 is 2.11 bits per heavy atom. The number of sulfonamides is 1. The van der Waals surface area contributed by atoms with Crippen molar-refractivity contribution in [1.29, 1.82) is 0 Å². The van der Waals surface area contributed by atoms with Gasteiger partial charge in [0.05, 0.1) is 11.9 Å². The van der Waals surface area contributed by atoms with Crippen molar-refractivity contribution in [2.75, 3.05) is 18.5 Å². The first-order valence-electron chi connectivity index (χ1n) is 5.39. The monoisotopic (exact) mass is 272 g/mol. The van der Waals surface area contributed by atoms with Crippen molar-refractivity contribution in [3.63, 3.8) is 0 Å². The fraction of sp³-hybridized carbons (Fsp3) is 0.556. The Balaban J connectivity index is 2.30. The third kappa shape index (κ3) is 2.31. The fourth-order valence-electron chi connectivity index (χ4n) is 1.91. The molecular formula is C9H16N6O2S. The Morgan fingerprint density at radius 1 is 1.44 bits per heavy atom. The van der Waals surface area contributed by atoms with Gasteiger partial charge >= 0.3 is 0 Å². The normalized spacial score (nSPS) is 12.4. The van der Waals surface area contributed by atoms with Crippen molar-refractivity contribution in [2.45, 2.75) is 13.5 Å². The van der Waals surface area contributed by atoms with E-state index in [-0.39, 0.29) is 6.54 Å². The van der Waals surface area contributed by atoms with Crippen LogP contribution < -0.4 is 10.5 Å². The van der Waals surface area contributed by atoms with Gasteiger partial charge in [-0.05, 0) is 6.92 Å². The molecule has 0 aliphatic heterocycles. The number of imidazole rings is 1. The number of nitrogen functional groups attached to an aromatic ring is 1. The Morgan fingerprint density at radius 3 is 2.72 bits per heavy atom. The van der Waals surface area contributed by atoms with E-state index in [2.05, 4.69) is 14.8 Å². The molecule has 2 heterocycles. The van der Waals surface area contributed by atoms with Crippen LogP contribution in [-0.2, 0) is 23.6 Å². The summed E-state index contributed by atoms with van der Waals surface area (Å²) in [6.45, 7) is 2.53. The van der Waals surface area contributed by atoms with Gasteiger partial charge in [-0.25, -0.2) is 18.1 Å². The third-order valence-electron chi connectivity index (χ3n) is 2.62. The highest BCUT2D eigenvalue weighted by atomic mass is 32.2. The van der Waals surface area contributed by atoms with Crippen LogP contribution in [0.15, 0.2) is 0 Å². The Labute approximate surface area is 105 Å². The third-order valence-corrected chi connectivity index (χ3v) is 3.35. The summed E-state index contributed by atoms with van der Waals surface area (Å²) >= 11 is 0. The highest BCUT2D eigenvalue weighted by Gasteiger charge is 2.15. The molecule has 100 valence electrons. The van der Waals surface area contributed by atoms with E-state index in [0.29, 0.717) is 12.5 Å². The predicted molar refractivity (Wildman–Crippen MR) is 68.5 cm³/mol. The van der Waals surface area contributed by atoms with Crippen LogP contribution in [-0.4, -0.2) is 40.5 Å². The maximum atomic E-state index is 11.0. The van der Waals surface area contributed by atoms with E-state index < -0.39 is 10.0 Å². The molecule has 3 N–H and O–H groups in total. The van der Waals surface area contributed by atoms with Gasteiger partial charge in [0.1, 0.15) is 5.52 Å². The zero-order valence-corrected chi connectivity index (χ0v) is 11.3. The number of aromatic nitrogens is 4. The molecule has 18 heavy (non-hydrogen) atoms. The molecule has 2 aromatic rings. The number of nitrogens with two attached hydrogens (primary N) is 1. The van der Waals surface area contributed by atoms with Crippen molar-refractivity contribution in [2.24, 2.45) is 7.05 Å². The molecule has 0 aromatic carbocycles. The highest BCUT2D eigenvalue weighted by Crippen LogP contribution is 2.19. The first-order chi connectivity index (χ1) is 8.29. The van der Waals surface area contributed by atoms with Gasteiger partial charge in [-0.2, -0.15) is 5.10 Å². The van der Waals surface area contributed by atoms with Gasteiger partial charge in [0.25, 0.3) is 0 Å². The summed E-state index contributed by atoms with van der Waals surface area (Å²) in [4.78, 5) is 4.23. The minimum absolute atomic E-state index is 0.263. The van der Waals surface area contributed by atoms with Crippen LogP contribution in [0.2, 0.25) is 0 Å². The van der Waals surface area contributed by atoms with Crippen LogP contribution in [0.3, 0.4) is 0 Å². The van der Waals surface area contributed by atoms with E-state index in [1.807, 2.05) is 6.92 Å². The molecule has 2 aromatic heterocycles. The molecule has 0 saturated carbocycles. The number of hydrogen-bond acceptors (Lipinski definition) is 5. The Hall–Kier alpha value is -1.61. The molecule has 0 radical (unpaired) electrons. The number of fused-ring (bicyclic) bond motifs is 1. The van der Waals surface area contributed by atoms with Crippen LogP contribution in [0.25, 0.3) is 11.2 Å². The van der Waals surface area contributed by atoms with Crippen molar-refractivity contribution in [3.05, 3.63) is 5.69 Å². The van der Waals surface area contributed by atoms with Gasteiger partial charge in [0, 0.05) is 20.1 Å². The zero-order valence-electron chi connectivity index (χ0n) is 10.5. The molecule has 0 spiro atoms. The number of anilines is 1. The van der Waals surface area contributed by atoms with Gasteiger partial charge in [-0.3, -0.25) is 9.25 Å². The molecule has 0 atom stereocenters. The molecule has 0 aliphatic rings. The number of hydrogen-bond donors (Lipinski definition) is 2. The van der Waals surface area contributed by atoms with E-state index >= 15 is 0 Å². The molecule has 0 aliphatic carbocycles. The van der Waals surface area contributed by atoms with E-state index in [0.717, 1.165) is 23.1 Å². The van der Waals surface area contributed by atoms with E-state index in [1.54, 1.807) is 16.3 Å². The molecule has 0 fully saturated rings. The summed E-state index contributed by atoms with van der Waals surface area (Å²) in [5, 5.41) is 4.25. The summed E-state index contributed by atoms with van der Waals surface area (Å²) < 4.78 is 27.8. The van der Waals surface area contributed by atoms with Gasteiger partial charge in [0.15, 0.2) is 5.65 Å². The number of aryl methyl sites for hydroxylation is 2. The van der Waals surface area contributed by atoms with Gasteiger partial charge in [-0.1, -0.05) is 0 Å². The van der Waals surface area contributed by atoms with Crippen molar-refractivity contribution in [3.8, 4) is 0 Å². The minimum atomic E-state index is -3.20. The van der Waals surface area contributed by atoms with E-state index in [1.165, 1.54) is 0 Å². The summed E-state index contributed by atoms with van der Waals surface area (Å²) in [7, 11) is -1.39. The van der Waals surface area contributed by atoms with Crippen LogP contribution in [0.1, 0.15) is 5.69 Å². The van der Waals surface area contributed by atoms with Crippen molar-refractivity contribution < 1.29 is 8.42 Å². The molecule has 0 saturated heterocycles. The lowest BCUT2D eigenvalue weighted by Crippen LogP contribution is -2.26. The molecule has 0 amide bonds. The quantitative estimate of drug-likeness (QED) is 0.758. The largest absolute Gasteiger partial charge is 0.369 e. The minimum Gasteiger partial charge on any atom is -0.369 e. The summed E-state index contributed by atoms with van der Waals surface area (Å²) in [6, 6.07) is 0. The van der Waals surface area contributed by atoms with Gasteiger partial charge < -0.3 is 5.73 Å². The number of nitrogens with zero attached hydrogens (tertiary/aromatic N) is 4. The summed E-state index contributed by atoms with van der Waals surface area (Å²) in [5.41, 5.74) is 8.16. The van der Waals surface area contributed by atoms with Gasteiger partial charge in [0.2, 0.25) is 16.0 Å². The van der Waals surface area contributed by atoms with Crippen LogP contribution in [0.4, 0.5) is 5.95 Å². The average Bonchev–Trinajstić information content (AvgIpc) is 2.66. The molecule has 8 nitrogen and oxygen atoms in total. The average molecular weight is 272 g/mol. The number of nitrogens with one attached hydrogen (secondary N) is 1. The maximum Gasteiger partial charge on any atom is 0.208 e. The van der Waals surface area contributed by atoms with E-state index in [9.17, 15) is 8.42 Å². The molecular weight excluding hydrogens is 256 g/mol. The highest BCUT2D eigenvalue weighted by molar-refractivity contribution is 7.88. The fourth-order valence-corrected chi connectivity index (χ4v) is 2.38. The van der Waals surface area contributed by atoms with Crippen LogP contribution in [0, 0.1) is 6.92 Å². The maximum absolute atomic E-state index is 11.0. The first-order valence-corrected chi connectivity index (χ1v) is 7.28. The second kappa shape index (κ2) is 4.25.